The molecule has 2 aliphatic rings. The predicted molar refractivity (Wildman–Crippen MR) is 76.7 cm³/mol. The first-order chi connectivity index (χ1) is 8.60. The van der Waals surface area contributed by atoms with Gasteiger partial charge in [0, 0.05) is 6.21 Å². The average molecular weight is 239 g/mol. The van der Waals surface area contributed by atoms with Crippen molar-refractivity contribution in [2.75, 3.05) is 0 Å². The Bertz CT molecular complexity index is 508. The topological polar surface area (TPSA) is 12.4 Å². The van der Waals surface area contributed by atoms with Gasteiger partial charge in [0.15, 0.2) is 0 Å². The lowest BCUT2D eigenvalue weighted by Crippen LogP contribution is -2.01. The quantitative estimate of drug-likeness (QED) is 0.699. The molecule has 0 N–H and O–H groups in total. The van der Waals surface area contributed by atoms with Crippen LogP contribution in [0.4, 0.5) is 0 Å². The molecule has 2 aliphatic carbocycles. The molecule has 1 heteroatoms. The number of benzene rings is 1. The van der Waals surface area contributed by atoms with Crippen LogP contribution in [0.5, 0.6) is 0 Å². The molecule has 0 bridgehead atoms. The van der Waals surface area contributed by atoms with Crippen LogP contribution in [0.3, 0.4) is 0 Å². The third kappa shape index (κ3) is 1.82. The van der Waals surface area contributed by atoms with Crippen molar-refractivity contribution in [1.29, 1.82) is 0 Å². The molecule has 1 nitrogen and oxygen atoms in total. The van der Waals surface area contributed by atoms with Crippen molar-refractivity contribution in [3.63, 3.8) is 0 Å². The van der Waals surface area contributed by atoms with Gasteiger partial charge in [-0.25, -0.2) is 0 Å². The Morgan fingerprint density at radius 2 is 2.00 bits per heavy atom. The normalized spacial score (nSPS) is 28.8. The highest BCUT2D eigenvalue weighted by molar-refractivity contribution is 5.83. The molecule has 1 aromatic rings. The molecule has 0 heterocycles. The van der Waals surface area contributed by atoms with Gasteiger partial charge in [-0.05, 0) is 41.7 Å². The molecule has 18 heavy (non-hydrogen) atoms. The lowest BCUT2D eigenvalue weighted by molar-refractivity contribution is 0.535. The summed E-state index contributed by atoms with van der Waals surface area (Å²) in [6.45, 7) is 7.85. The largest absolute Gasteiger partial charge is 0.288 e. The molecule has 2 atom stereocenters. The summed E-state index contributed by atoms with van der Waals surface area (Å²) in [4.78, 5) is 4.63. The smallest absolute Gasteiger partial charge is 0.0639 e. The van der Waals surface area contributed by atoms with Crippen molar-refractivity contribution in [3.8, 4) is 0 Å². The number of rotatable bonds is 3. The SMILES string of the molecule is CC1=C(C=NCc2ccccc2)[C@@H]2[C@H](C1)C2(C)C. The minimum atomic E-state index is 0.521. The standard InChI is InChI=1S/C17H21N/c1-12-9-15-16(17(15,2)3)14(12)11-18-10-13-7-5-4-6-8-13/h4-8,11,15-16H,9-10H2,1-3H3/t15-,16+/m0/s1. The van der Waals surface area contributed by atoms with E-state index in [0.717, 1.165) is 18.4 Å². The van der Waals surface area contributed by atoms with Gasteiger partial charge in [-0.1, -0.05) is 49.8 Å². The van der Waals surface area contributed by atoms with Gasteiger partial charge < -0.3 is 0 Å². The summed E-state index contributed by atoms with van der Waals surface area (Å²) in [7, 11) is 0. The van der Waals surface area contributed by atoms with E-state index in [9.17, 15) is 0 Å². The van der Waals surface area contributed by atoms with Crippen molar-refractivity contribution in [1.82, 2.24) is 0 Å². The van der Waals surface area contributed by atoms with E-state index >= 15 is 0 Å². The first-order valence-corrected chi connectivity index (χ1v) is 6.84. The fraction of sp³-hybridized carbons (Fsp3) is 0.471. The number of fused-ring (bicyclic) bond motifs is 1. The molecule has 3 rings (SSSR count). The lowest BCUT2D eigenvalue weighted by Gasteiger charge is -2.10. The van der Waals surface area contributed by atoms with E-state index in [2.05, 4.69) is 56.2 Å². The zero-order chi connectivity index (χ0) is 12.8. The molecule has 0 unspecified atom stereocenters. The Balaban J connectivity index is 1.69. The van der Waals surface area contributed by atoms with E-state index < -0.39 is 0 Å². The Labute approximate surface area is 110 Å². The molecule has 0 spiro atoms. The average Bonchev–Trinajstić information content (AvgIpc) is 2.69. The Morgan fingerprint density at radius 3 is 2.67 bits per heavy atom. The van der Waals surface area contributed by atoms with Crippen LogP contribution in [0.1, 0.15) is 32.8 Å². The van der Waals surface area contributed by atoms with Gasteiger partial charge in [-0.2, -0.15) is 0 Å². The molecule has 1 aromatic carbocycles. The number of hydrogen-bond donors (Lipinski definition) is 0. The fourth-order valence-electron chi connectivity index (χ4n) is 3.48. The van der Waals surface area contributed by atoms with Gasteiger partial charge in [0.2, 0.25) is 0 Å². The Hall–Kier alpha value is -1.37. The first kappa shape index (κ1) is 11.7. The molecular formula is C17H21N. The molecule has 1 saturated carbocycles. The van der Waals surface area contributed by atoms with Crippen molar-refractivity contribution < 1.29 is 0 Å². The number of hydrogen-bond acceptors (Lipinski definition) is 1. The molecule has 0 saturated heterocycles. The van der Waals surface area contributed by atoms with Crippen LogP contribution < -0.4 is 0 Å². The summed E-state index contributed by atoms with van der Waals surface area (Å²) in [6, 6.07) is 10.5. The van der Waals surface area contributed by atoms with Crippen LogP contribution in [0, 0.1) is 17.3 Å². The number of allylic oxidation sites excluding steroid dienone is 2. The highest BCUT2D eigenvalue weighted by Crippen LogP contribution is 2.68. The van der Waals surface area contributed by atoms with Crippen molar-refractivity contribution in [3.05, 3.63) is 47.0 Å². The van der Waals surface area contributed by atoms with Crippen LogP contribution in [-0.2, 0) is 6.54 Å². The second-order valence-corrected chi connectivity index (χ2v) is 6.30. The Morgan fingerprint density at radius 1 is 1.28 bits per heavy atom. The maximum absolute atomic E-state index is 4.63. The molecule has 0 aromatic heterocycles. The van der Waals surface area contributed by atoms with Crippen molar-refractivity contribution >= 4 is 6.21 Å². The fourth-order valence-corrected chi connectivity index (χ4v) is 3.48. The minimum Gasteiger partial charge on any atom is -0.288 e. The van der Waals surface area contributed by atoms with E-state index in [1.807, 2.05) is 6.07 Å². The van der Waals surface area contributed by atoms with Crippen LogP contribution >= 0.6 is 0 Å². The summed E-state index contributed by atoms with van der Waals surface area (Å²) >= 11 is 0. The second kappa shape index (κ2) is 4.08. The monoisotopic (exact) mass is 239 g/mol. The number of aliphatic imine (C=N–C) groups is 1. The molecule has 0 radical (unpaired) electrons. The summed E-state index contributed by atoms with van der Waals surface area (Å²) in [6.07, 6.45) is 3.42. The van der Waals surface area contributed by atoms with Crippen molar-refractivity contribution in [2.45, 2.75) is 33.7 Å². The second-order valence-electron chi connectivity index (χ2n) is 6.30. The summed E-state index contributed by atoms with van der Waals surface area (Å²) < 4.78 is 0. The van der Waals surface area contributed by atoms with Crippen LogP contribution in [0.2, 0.25) is 0 Å². The van der Waals surface area contributed by atoms with E-state index in [4.69, 9.17) is 0 Å². The third-order valence-electron chi connectivity index (χ3n) is 4.75. The maximum Gasteiger partial charge on any atom is 0.0639 e. The summed E-state index contributed by atoms with van der Waals surface area (Å²) in [5.74, 6) is 1.66. The van der Waals surface area contributed by atoms with Gasteiger partial charge in [-0.3, -0.25) is 4.99 Å². The third-order valence-corrected chi connectivity index (χ3v) is 4.75. The minimum absolute atomic E-state index is 0.521. The number of nitrogens with zero attached hydrogens (tertiary/aromatic N) is 1. The highest BCUT2D eigenvalue weighted by atomic mass is 14.7. The van der Waals surface area contributed by atoms with Crippen LogP contribution in [-0.4, -0.2) is 6.21 Å². The summed E-state index contributed by atoms with van der Waals surface area (Å²) in [5, 5.41) is 0. The van der Waals surface area contributed by atoms with Gasteiger partial charge in [-0.15, -0.1) is 0 Å². The molecular weight excluding hydrogens is 218 g/mol. The van der Waals surface area contributed by atoms with Crippen LogP contribution in [0.25, 0.3) is 0 Å². The van der Waals surface area contributed by atoms with E-state index in [0.29, 0.717) is 5.41 Å². The van der Waals surface area contributed by atoms with Gasteiger partial charge >= 0.3 is 0 Å². The summed E-state index contributed by atoms with van der Waals surface area (Å²) in [5.41, 5.74) is 4.88. The van der Waals surface area contributed by atoms with E-state index in [1.165, 1.54) is 17.6 Å². The van der Waals surface area contributed by atoms with E-state index in [-0.39, 0.29) is 0 Å². The zero-order valence-corrected chi connectivity index (χ0v) is 11.5. The zero-order valence-electron chi connectivity index (χ0n) is 11.5. The van der Waals surface area contributed by atoms with Gasteiger partial charge in [0.05, 0.1) is 6.54 Å². The van der Waals surface area contributed by atoms with Crippen LogP contribution in [0.15, 0.2) is 46.5 Å². The molecule has 0 amide bonds. The lowest BCUT2D eigenvalue weighted by atomic mass is 9.96. The van der Waals surface area contributed by atoms with Crippen molar-refractivity contribution in [2.24, 2.45) is 22.2 Å². The molecule has 94 valence electrons. The highest BCUT2D eigenvalue weighted by Gasteiger charge is 2.61. The maximum atomic E-state index is 4.63. The predicted octanol–water partition coefficient (Wildman–Crippen LogP) is 4.25. The van der Waals surface area contributed by atoms with Gasteiger partial charge in [0.1, 0.15) is 0 Å². The molecule has 0 aliphatic heterocycles. The Kier molecular flexibility index (Phi) is 2.65. The van der Waals surface area contributed by atoms with Gasteiger partial charge in [0.25, 0.3) is 0 Å². The molecule has 1 fully saturated rings. The first-order valence-electron chi connectivity index (χ1n) is 6.84. The van der Waals surface area contributed by atoms with E-state index in [1.54, 1.807) is 5.57 Å².